The number of halogens is 1. The minimum atomic E-state index is -0.157. The average molecular weight is 304 g/mol. The number of nitrogens with one attached hydrogen (secondary N) is 1. The lowest BCUT2D eigenvalue weighted by Gasteiger charge is -2.14. The highest BCUT2D eigenvalue weighted by atomic mass is 35.5. The van der Waals surface area contributed by atoms with Gasteiger partial charge in [-0.15, -0.1) is 0 Å². The lowest BCUT2D eigenvalue weighted by Crippen LogP contribution is -2.26. The number of hydrogen-bond donors (Lipinski definition) is 1. The first-order valence-electron chi connectivity index (χ1n) is 6.59. The van der Waals surface area contributed by atoms with Crippen LogP contribution in [0.3, 0.4) is 0 Å². The Labute approximate surface area is 127 Å². The summed E-state index contributed by atoms with van der Waals surface area (Å²) < 4.78 is 10.5. The monoisotopic (exact) mass is 303 g/mol. The molecule has 4 nitrogen and oxygen atoms in total. The van der Waals surface area contributed by atoms with Gasteiger partial charge in [-0.2, -0.15) is 0 Å². The van der Waals surface area contributed by atoms with Crippen LogP contribution in [0, 0.1) is 0 Å². The molecule has 0 bridgehead atoms. The number of fused-ring (bicyclic) bond motifs is 1. The summed E-state index contributed by atoms with van der Waals surface area (Å²) in [5, 5.41) is 3.62. The Kier molecular flexibility index (Phi) is 3.71. The van der Waals surface area contributed by atoms with E-state index in [1.54, 1.807) is 30.3 Å². The second-order valence-electron chi connectivity index (χ2n) is 4.81. The second-order valence-corrected chi connectivity index (χ2v) is 5.25. The second kappa shape index (κ2) is 5.66. The summed E-state index contributed by atoms with van der Waals surface area (Å²) in [6.45, 7) is 2.12. The van der Waals surface area contributed by atoms with Crippen molar-refractivity contribution in [2.24, 2.45) is 0 Å². The van der Waals surface area contributed by atoms with Crippen molar-refractivity contribution >= 4 is 17.5 Å². The molecule has 21 heavy (non-hydrogen) atoms. The Balaban J connectivity index is 1.72. The maximum Gasteiger partial charge on any atom is 0.251 e. The number of ether oxygens (including phenoxy) is 2. The molecule has 0 unspecified atom stereocenters. The minimum absolute atomic E-state index is 0.111. The molecule has 3 rings (SSSR count). The quantitative estimate of drug-likeness (QED) is 0.943. The molecule has 0 aliphatic carbocycles. The lowest BCUT2D eigenvalue weighted by molar-refractivity contribution is 0.0939. The van der Waals surface area contributed by atoms with E-state index in [2.05, 4.69) is 5.32 Å². The van der Waals surface area contributed by atoms with Crippen LogP contribution in [0.1, 0.15) is 28.9 Å². The molecule has 2 aromatic carbocycles. The predicted octanol–water partition coefficient (Wildman–Crippen LogP) is 3.56. The van der Waals surface area contributed by atoms with Gasteiger partial charge >= 0.3 is 0 Å². The Morgan fingerprint density at radius 1 is 1.14 bits per heavy atom. The Hall–Kier alpha value is -2.20. The topological polar surface area (TPSA) is 47.6 Å². The summed E-state index contributed by atoms with van der Waals surface area (Å²) in [5.74, 6) is 1.11. The Morgan fingerprint density at radius 2 is 1.86 bits per heavy atom. The van der Waals surface area contributed by atoms with Gasteiger partial charge in [0.25, 0.3) is 5.91 Å². The molecule has 0 spiro atoms. The minimum Gasteiger partial charge on any atom is -0.454 e. The summed E-state index contributed by atoms with van der Waals surface area (Å²) in [7, 11) is 0. The van der Waals surface area contributed by atoms with Crippen molar-refractivity contribution in [1.82, 2.24) is 5.32 Å². The third-order valence-corrected chi connectivity index (χ3v) is 3.60. The van der Waals surface area contributed by atoms with Crippen molar-refractivity contribution in [1.29, 1.82) is 0 Å². The van der Waals surface area contributed by atoms with Crippen LogP contribution < -0.4 is 14.8 Å². The fraction of sp³-hybridized carbons (Fsp3) is 0.188. The van der Waals surface area contributed by atoms with E-state index in [-0.39, 0.29) is 18.7 Å². The zero-order valence-corrected chi connectivity index (χ0v) is 12.2. The molecule has 1 aliphatic heterocycles. The van der Waals surface area contributed by atoms with E-state index in [0.717, 1.165) is 5.56 Å². The van der Waals surface area contributed by atoms with Gasteiger partial charge in [0.2, 0.25) is 6.79 Å². The van der Waals surface area contributed by atoms with Gasteiger partial charge in [0.05, 0.1) is 6.04 Å². The molecular weight excluding hydrogens is 290 g/mol. The summed E-state index contributed by atoms with van der Waals surface area (Å²) in [4.78, 5) is 12.3. The molecule has 1 heterocycles. The normalized spacial score (nSPS) is 13.8. The first kappa shape index (κ1) is 13.8. The van der Waals surface area contributed by atoms with E-state index in [0.29, 0.717) is 22.1 Å². The maximum atomic E-state index is 12.3. The van der Waals surface area contributed by atoms with Gasteiger partial charge in [0, 0.05) is 10.6 Å². The highest BCUT2D eigenvalue weighted by molar-refractivity contribution is 6.30. The predicted molar refractivity (Wildman–Crippen MR) is 79.9 cm³/mol. The van der Waals surface area contributed by atoms with Crippen LogP contribution >= 0.6 is 11.6 Å². The highest BCUT2D eigenvalue weighted by Gasteiger charge is 2.17. The van der Waals surface area contributed by atoms with E-state index >= 15 is 0 Å². The molecule has 2 aromatic rings. The van der Waals surface area contributed by atoms with Crippen LogP contribution in [-0.4, -0.2) is 12.7 Å². The molecule has 0 aromatic heterocycles. The van der Waals surface area contributed by atoms with E-state index < -0.39 is 0 Å². The van der Waals surface area contributed by atoms with Crippen LogP contribution in [0.25, 0.3) is 0 Å². The highest BCUT2D eigenvalue weighted by Crippen LogP contribution is 2.32. The zero-order valence-electron chi connectivity index (χ0n) is 11.4. The van der Waals surface area contributed by atoms with Crippen LogP contribution in [0.5, 0.6) is 11.5 Å². The Morgan fingerprint density at radius 3 is 2.62 bits per heavy atom. The summed E-state index contributed by atoms with van der Waals surface area (Å²) >= 11 is 5.86. The van der Waals surface area contributed by atoms with Gasteiger partial charge < -0.3 is 14.8 Å². The largest absolute Gasteiger partial charge is 0.454 e. The van der Waals surface area contributed by atoms with Crippen LogP contribution in [0.15, 0.2) is 42.5 Å². The molecule has 1 atom stereocenters. The third kappa shape index (κ3) is 2.95. The number of carbonyl (C=O) groups excluding carboxylic acids is 1. The first-order valence-corrected chi connectivity index (χ1v) is 6.97. The molecule has 5 heteroatoms. The van der Waals surface area contributed by atoms with Crippen molar-refractivity contribution in [3.8, 4) is 11.5 Å². The van der Waals surface area contributed by atoms with Gasteiger partial charge in [-0.1, -0.05) is 23.7 Å². The van der Waals surface area contributed by atoms with Gasteiger partial charge in [-0.3, -0.25) is 4.79 Å². The number of hydrogen-bond acceptors (Lipinski definition) is 3. The van der Waals surface area contributed by atoms with E-state index in [4.69, 9.17) is 21.1 Å². The molecule has 0 saturated heterocycles. The zero-order chi connectivity index (χ0) is 14.8. The average Bonchev–Trinajstić information content (AvgIpc) is 2.95. The van der Waals surface area contributed by atoms with Crippen molar-refractivity contribution in [2.45, 2.75) is 13.0 Å². The molecule has 1 amide bonds. The third-order valence-electron chi connectivity index (χ3n) is 3.35. The van der Waals surface area contributed by atoms with Crippen LogP contribution in [-0.2, 0) is 0 Å². The summed E-state index contributed by atoms with van der Waals surface area (Å²) in [6, 6.07) is 12.4. The van der Waals surface area contributed by atoms with Gasteiger partial charge in [-0.25, -0.2) is 0 Å². The van der Waals surface area contributed by atoms with Gasteiger partial charge in [-0.05, 0) is 42.8 Å². The SMILES string of the molecule is C[C@@H](NC(=O)c1ccc2c(c1)OCO2)c1ccc(Cl)cc1. The number of rotatable bonds is 3. The van der Waals surface area contributed by atoms with Crippen molar-refractivity contribution in [2.75, 3.05) is 6.79 Å². The van der Waals surface area contributed by atoms with Gasteiger partial charge in [0.1, 0.15) is 0 Å². The van der Waals surface area contributed by atoms with Crippen LogP contribution in [0.2, 0.25) is 5.02 Å². The summed E-state index contributed by atoms with van der Waals surface area (Å²) in [6.07, 6.45) is 0. The molecule has 0 radical (unpaired) electrons. The van der Waals surface area contributed by atoms with Crippen molar-refractivity contribution in [3.63, 3.8) is 0 Å². The maximum absolute atomic E-state index is 12.3. The van der Waals surface area contributed by atoms with Crippen molar-refractivity contribution < 1.29 is 14.3 Å². The standard InChI is InChI=1S/C16H14ClNO3/c1-10(11-2-5-13(17)6-3-11)18-16(19)12-4-7-14-15(8-12)21-9-20-14/h2-8,10H,9H2,1H3,(H,18,19)/t10-/m1/s1. The molecule has 1 aliphatic rings. The molecule has 108 valence electrons. The number of carbonyl (C=O) groups is 1. The van der Waals surface area contributed by atoms with Crippen LogP contribution in [0.4, 0.5) is 0 Å². The fourth-order valence-electron chi connectivity index (χ4n) is 2.15. The first-order chi connectivity index (χ1) is 10.1. The molecular formula is C16H14ClNO3. The van der Waals surface area contributed by atoms with E-state index in [1.165, 1.54) is 0 Å². The Bertz CT molecular complexity index is 670. The van der Waals surface area contributed by atoms with E-state index in [9.17, 15) is 4.79 Å². The lowest BCUT2D eigenvalue weighted by atomic mass is 10.1. The summed E-state index contributed by atoms with van der Waals surface area (Å²) in [5.41, 5.74) is 1.54. The van der Waals surface area contributed by atoms with Crippen molar-refractivity contribution in [3.05, 3.63) is 58.6 Å². The van der Waals surface area contributed by atoms with E-state index in [1.807, 2.05) is 19.1 Å². The fourth-order valence-corrected chi connectivity index (χ4v) is 2.28. The molecule has 1 N–H and O–H groups in total. The molecule has 0 saturated carbocycles. The molecule has 0 fully saturated rings. The number of benzene rings is 2. The van der Waals surface area contributed by atoms with Gasteiger partial charge in [0.15, 0.2) is 11.5 Å². The number of amides is 1. The smallest absolute Gasteiger partial charge is 0.251 e.